The van der Waals surface area contributed by atoms with Crippen LogP contribution in [-0.4, -0.2) is 52.4 Å². The Hall–Kier alpha value is -2.13. The van der Waals surface area contributed by atoms with Gasteiger partial charge in [-0.2, -0.15) is 0 Å². The molecule has 8 nitrogen and oxygen atoms in total. The van der Waals surface area contributed by atoms with Gasteiger partial charge in [0, 0.05) is 14.1 Å². The number of anilines is 1. The molecular formula is C17H26N2O6S. The Kier molecular flexibility index (Phi) is 7.16. The maximum atomic E-state index is 12.2. The van der Waals surface area contributed by atoms with Crippen LogP contribution in [0.15, 0.2) is 23.1 Å². The molecule has 0 heterocycles. The average molecular weight is 386 g/mol. The van der Waals surface area contributed by atoms with Gasteiger partial charge in [-0.05, 0) is 23.6 Å². The molecule has 0 aliphatic heterocycles. The molecule has 0 saturated carbocycles. The number of benzene rings is 1. The van der Waals surface area contributed by atoms with Crippen molar-refractivity contribution in [2.45, 2.75) is 32.1 Å². The number of ether oxygens (including phenoxy) is 2. The molecule has 146 valence electrons. The normalized spacial score (nSPS) is 12.0. The zero-order valence-corrected chi connectivity index (χ0v) is 16.8. The van der Waals surface area contributed by atoms with Crippen LogP contribution in [0.2, 0.25) is 0 Å². The number of hydrogen-bond acceptors (Lipinski definition) is 6. The Morgan fingerprint density at radius 3 is 2.31 bits per heavy atom. The van der Waals surface area contributed by atoms with Crippen LogP contribution >= 0.6 is 0 Å². The molecule has 0 radical (unpaired) electrons. The molecule has 1 N–H and O–H groups in total. The highest BCUT2D eigenvalue weighted by Crippen LogP contribution is 2.28. The van der Waals surface area contributed by atoms with E-state index in [4.69, 9.17) is 9.47 Å². The number of sulfonamides is 1. The molecular weight excluding hydrogens is 360 g/mol. The fourth-order valence-electron chi connectivity index (χ4n) is 1.97. The lowest BCUT2D eigenvalue weighted by Gasteiger charge is -2.17. The third-order valence-electron chi connectivity index (χ3n) is 3.26. The Bertz CT molecular complexity index is 766. The molecule has 1 aromatic carbocycles. The van der Waals surface area contributed by atoms with Gasteiger partial charge in [-0.3, -0.25) is 9.59 Å². The second-order valence-corrected chi connectivity index (χ2v) is 9.25. The highest BCUT2D eigenvalue weighted by Gasteiger charge is 2.21. The SMILES string of the molecule is COc1ccc(S(=O)(=O)N(C)C)cc1NC(=O)COC(=O)CC(C)(C)C. The van der Waals surface area contributed by atoms with Gasteiger partial charge < -0.3 is 14.8 Å². The summed E-state index contributed by atoms with van der Waals surface area (Å²) in [6.07, 6.45) is 0.181. The molecule has 0 saturated heterocycles. The van der Waals surface area contributed by atoms with Gasteiger partial charge in [-0.25, -0.2) is 12.7 Å². The molecule has 0 aliphatic carbocycles. The monoisotopic (exact) mass is 386 g/mol. The number of carbonyl (C=O) groups is 2. The number of rotatable bonds is 7. The topological polar surface area (TPSA) is 102 Å². The van der Waals surface area contributed by atoms with Crippen molar-refractivity contribution in [3.8, 4) is 5.75 Å². The summed E-state index contributed by atoms with van der Waals surface area (Å²) in [6.45, 7) is 5.18. The molecule has 1 rings (SSSR count). The fourth-order valence-corrected chi connectivity index (χ4v) is 2.90. The van der Waals surface area contributed by atoms with E-state index in [1.165, 1.54) is 39.4 Å². The molecule has 9 heteroatoms. The van der Waals surface area contributed by atoms with Crippen molar-refractivity contribution in [1.82, 2.24) is 4.31 Å². The summed E-state index contributed by atoms with van der Waals surface area (Å²) < 4.78 is 35.6. The second-order valence-electron chi connectivity index (χ2n) is 7.10. The highest BCUT2D eigenvalue weighted by atomic mass is 32.2. The predicted molar refractivity (Wildman–Crippen MR) is 97.5 cm³/mol. The molecule has 0 spiro atoms. The lowest BCUT2D eigenvalue weighted by molar-refractivity contribution is -0.149. The summed E-state index contributed by atoms with van der Waals surface area (Å²) in [5, 5.41) is 2.51. The minimum atomic E-state index is -3.67. The minimum Gasteiger partial charge on any atom is -0.495 e. The van der Waals surface area contributed by atoms with E-state index in [-0.39, 0.29) is 28.2 Å². The molecule has 26 heavy (non-hydrogen) atoms. The highest BCUT2D eigenvalue weighted by molar-refractivity contribution is 7.89. The fraction of sp³-hybridized carbons (Fsp3) is 0.529. The van der Waals surface area contributed by atoms with Gasteiger partial charge in [0.05, 0.1) is 24.1 Å². The zero-order chi connectivity index (χ0) is 20.1. The van der Waals surface area contributed by atoms with Crippen molar-refractivity contribution in [2.75, 3.05) is 33.1 Å². The van der Waals surface area contributed by atoms with Crippen molar-refractivity contribution in [3.05, 3.63) is 18.2 Å². The van der Waals surface area contributed by atoms with Crippen molar-refractivity contribution >= 4 is 27.6 Å². The van der Waals surface area contributed by atoms with E-state index < -0.39 is 28.5 Å². The predicted octanol–water partition coefficient (Wildman–Crippen LogP) is 1.86. The van der Waals surface area contributed by atoms with Gasteiger partial charge in [-0.1, -0.05) is 20.8 Å². The van der Waals surface area contributed by atoms with Crippen LogP contribution in [-0.2, 0) is 24.3 Å². The molecule has 1 aromatic rings. The molecule has 0 fully saturated rings. The summed E-state index contributed by atoms with van der Waals surface area (Å²) in [5.74, 6) is -0.786. The Morgan fingerprint density at radius 1 is 1.19 bits per heavy atom. The van der Waals surface area contributed by atoms with Crippen LogP contribution < -0.4 is 10.1 Å². The Morgan fingerprint density at radius 2 is 1.81 bits per heavy atom. The van der Waals surface area contributed by atoms with E-state index in [0.717, 1.165) is 4.31 Å². The lowest BCUT2D eigenvalue weighted by atomic mass is 9.92. The molecule has 0 aromatic heterocycles. The Labute approximate surface area is 154 Å². The first-order valence-corrected chi connectivity index (χ1v) is 9.37. The zero-order valence-electron chi connectivity index (χ0n) is 16.0. The van der Waals surface area contributed by atoms with Gasteiger partial charge in [0.1, 0.15) is 5.75 Å². The Balaban J connectivity index is 2.88. The van der Waals surface area contributed by atoms with Gasteiger partial charge in [0.15, 0.2) is 6.61 Å². The lowest BCUT2D eigenvalue weighted by Crippen LogP contribution is -2.24. The smallest absolute Gasteiger partial charge is 0.306 e. The van der Waals surface area contributed by atoms with Gasteiger partial charge in [0.25, 0.3) is 5.91 Å². The van der Waals surface area contributed by atoms with Crippen molar-refractivity contribution in [2.24, 2.45) is 5.41 Å². The van der Waals surface area contributed by atoms with Crippen molar-refractivity contribution in [1.29, 1.82) is 0 Å². The number of hydrogen-bond donors (Lipinski definition) is 1. The minimum absolute atomic E-state index is 0.00308. The van der Waals surface area contributed by atoms with Crippen LogP contribution in [0.25, 0.3) is 0 Å². The van der Waals surface area contributed by atoms with E-state index in [2.05, 4.69) is 5.32 Å². The van der Waals surface area contributed by atoms with E-state index >= 15 is 0 Å². The molecule has 0 atom stereocenters. The van der Waals surface area contributed by atoms with Gasteiger partial charge >= 0.3 is 5.97 Å². The molecule has 0 aliphatic rings. The first kappa shape index (κ1) is 21.9. The number of nitrogens with one attached hydrogen (secondary N) is 1. The number of amides is 1. The maximum absolute atomic E-state index is 12.2. The van der Waals surface area contributed by atoms with Crippen LogP contribution in [0, 0.1) is 5.41 Å². The van der Waals surface area contributed by atoms with E-state index in [0.29, 0.717) is 0 Å². The van der Waals surface area contributed by atoms with E-state index in [9.17, 15) is 18.0 Å². The van der Waals surface area contributed by atoms with Crippen molar-refractivity contribution in [3.63, 3.8) is 0 Å². The third-order valence-corrected chi connectivity index (χ3v) is 5.07. The summed E-state index contributed by atoms with van der Waals surface area (Å²) in [5.41, 5.74) is -0.0710. The first-order chi connectivity index (χ1) is 11.9. The van der Waals surface area contributed by atoms with Crippen LogP contribution in [0.4, 0.5) is 5.69 Å². The maximum Gasteiger partial charge on any atom is 0.306 e. The second kappa shape index (κ2) is 8.50. The molecule has 0 bridgehead atoms. The van der Waals surface area contributed by atoms with Crippen LogP contribution in [0.5, 0.6) is 5.75 Å². The molecule has 1 amide bonds. The number of carbonyl (C=O) groups excluding carboxylic acids is 2. The van der Waals surface area contributed by atoms with Gasteiger partial charge in [-0.15, -0.1) is 0 Å². The van der Waals surface area contributed by atoms with Crippen LogP contribution in [0.1, 0.15) is 27.2 Å². The standard InChI is InChI=1S/C17H26N2O6S/c1-17(2,3)10-16(21)25-11-15(20)18-13-9-12(7-8-14(13)24-6)26(22,23)19(4)5/h7-9H,10-11H2,1-6H3,(H,18,20). The number of methoxy groups -OCH3 is 1. The quantitative estimate of drug-likeness (QED) is 0.718. The van der Waals surface area contributed by atoms with E-state index in [1.54, 1.807) is 0 Å². The summed E-state index contributed by atoms with van der Waals surface area (Å²) in [7, 11) is 0.551. The summed E-state index contributed by atoms with van der Waals surface area (Å²) in [4.78, 5) is 23.7. The largest absolute Gasteiger partial charge is 0.495 e. The summed E-state index contributed by atoms with van der Waals surface area (Å²) >= 11 is 0. The van der Waals surface area contributed by atoms with E-state index in [1.807, 2.05) is 20.8 Å². The summed E-state index contributed by atoms with van der Waals surface area (Å²) in [6, 6.07) is 4.12. The van der Waals surface area contributed by atoms with Crippen molar-refractivity contribution < 1.29 is 27.5 Å². The first-order valence-electron chi connectivity index (χ1n) is 7.93. The van der Waals surface area contributed by atoms with Crippen LogP contribution in [0.3, 0.4) is 0 Å². The number of esters is 1. The molecule has 0 unspecified atom stereocenters. The van der Waals surface area contributed by atoms with Gasteiger partial charge in [0.2, 0.25) is 10.0 Å². The third kappa shape index (κ3) is 6.30. The average Bonchev–Trinajstić information content (AvgIpc) is 2.51. The number of nitrogens with zero attached hydrogens (tertiary/aromatic N) is 1.